The van der Waals surface area contributed by atoms with Gasteiger partial charge in [-0.25, -0.2) is 0 Å². The van der Waals surface area contributed by atoms with Gasteiger partial charge in [0.2, 0.25) is 0 Å². The van der Waals surface area contributed by atoms with E-state index in [4.69, 9.17) is 14.4 Å². The van der Waals surface area contributed by atoms with E-state index in [9.17, 15) is 0 Å². The van der Waals surface area contributed by atoms with Crippen molar-refractivity contribution in [2.45, 2.75) is 37.5 Å². The maximum absolute atomic E-state index is 6.31. The van der Waals surface area contributed by atoms with Crippen LogP contribution in [0.1, 0.15) is 19.4 Å². The number of nitrogens with zero attached hydrogens (tertiary/aromatic N) is 3. The van der Waals surface area contributed by atoms with Gasteiger partial charge in [0.05, 0.1) is 22.4 Å². The van der Waals surface area contributed by atoms with Crippen molar-refractivity contribution in [3.05, 3.63) is 157 Å². The summed E-state index contributed by atoms with van der Waals surface area (Å²) in [5.41, 5.74) is 9.24. The molecule has 0 unspecified atom stereocenters. The Balaban J connectivity index is 0.000000180. The number of hydrogen-bond donors (Lipinski definition) is 0. The maximum atomic E-state index is 6.31. The summed E-state index contributed by atoms with van der Waals surface area (Å²) in [6.45, 7) is 4.57. The summed E-state index contributed by atoms with van der Waals surface area (Å²) in [6.07, 6.45) is 3.27. The van der Waals surface area contributed by atoms with Crippen LogP contribution in [0.5, 0.6) is 0 Å². The Morgan fingerprint density at radius 1 is 0.736 bits per heavy atom. The average molecular weight is 929 g/mol. The van der Waals surface area contributed by atoms with Crippen molar-refractivity contribution in [1.82, 2.24) is 14.5 Å². The molecule has 0 aliphatic rings. The van der Waals surface area contributed by atoms with Crippen LogP contribution >= 0.6 is 0 Å². The smallest absolute Gasteiger partial charge is 0.120 e. The minimum atomic E-state index is -1.86. The molecule has 1 radical (unpaired) electrons. The largest absolute Gasteiger partial charge is 0.501 e. The second kappa shape index (κ2) is 15.3. The van der Waals surface area contributed by atoms with E-state index in [-0.39, 0.29) is 20.1 Å². The molecule has 0 atom stereocenters. The molecule has 0 N–H and O–H groups in total. The van der Waals surface area contributed by atoms with Crippen LogP contribution in [-0.2, 0) is 26.5 Å². The first kappa shape index (κ1) is 36.5. The summed E-state index contributed by atoms with van der Waals surface area (Å²) in [5.74, 6) is 8.82. The van der Waals surface area contributed by atoms with Crippen molar-refractivity contribution in [1.29, 1.82) is 0 Å². The van der Waals surface area contributed by atoms with Gasteiger partial charge in [0.25, 0.3) is 0 Å². The van der Waals surface area contributed by atoms with Gasteiger partial charge in [-0.1, -0.05) is 71.6 Å². The summed E-state index contributed by atoms with van der Waals surface area (Å²) in [7, 11) is 0. The third kappa shape index (κ3) is 7.39. The fourth-order valence-corrected chi connectivity index (χ4v) is 10.4. The van der Waals surface area contributed by atoms with Crippen LogP contribution in [0.4, 0.5) is 0 Å². The summed E-state index contributed by atoms with van der Waals surface area (Å²) in [5, 5.41) is 4.59. The first-order chi connectivity index (χ1) is 25.2. The molecule has 0 spiro atoms. The Bertz CT molecular complexity index is 2690. The van der Waals surface area contributed by atoms with Gasteiger partial charge in [0, 0.05) is 31.2 Å². The number of fused-ring (bicyclic) bond motifs is 5. The van der Waals surface area contributed by atoms with E-state index < -0.39 is 13.3 Å². The van der Waals surface area contributed by atoms with Gasteiger partial charge in [-0.3, -0.25) is 4.98 Å². The number of pyridine rings is 1. The zero-order valence-corrected chi connectivity index (χ0v) is 35.1. The van der Waals surface area contributed by atoms with Crippen LogP contribution in [0.25, 0.3) is 72.1 Å². The average Bonchev–Trinajstić information content (AvgIpc) is 3.74. The summed E-state index contributed by atoms with van der Waals surface area (Å²) >= 11 is -1.86. The molecule has 0 saturated heterocycles. The van der Waals surface area contributed by atoms with E-state index in [1.165, 1.54) is 16.3 Å². The van der Waals surface area contributed by atoms with Crippen molar-refractivity contribution in [3.8, 4) is 28.3 Å². The van der Waals surface area contributed by atoms with Crippen LogP contribution in [0.15, 0.2) is 144 Å². The molecule has 3 heterocycles. The Morgan fingerprint density at radius 3 is 2.28 bits per heavy atom. The van der Waals surface area contributed by atoms with Crippen LogP contribution in [0.2, 0.25) is 17.3 Å². The van der Waals surface area contributed by atoms with E-state index >= 15 is 0 Å². The molecule has 265 valence electrons. The van der Waals surface area contributed by atoms with E-state index in [1.807, 2.05) is 48.5 Å². The Labute approximate surface area is 327 Å². The first-order valence-electron chi connectivity index (χ1n) is 18.0. The minimum absolute atomic E-state index is 0. The van der Waals surface area contributed by atoms with Gasteiger partial charge in [-0.2, -0.15) is 0 Å². The van der Waals surface area contributed by atoms with E-state index in [1.54, 1.807) is 4.40 Å². The molecule has 9 aromatic rings. The SMILES string of the molecule is CC(C)Cc1cc(-c2[c-]cccc2)nc[c]1[Ge]([CH3])([CH3])[CH3].[Ir].[c-]1ccc2c(oc3ccccc32)c1-c1nc2ccccc2n1-c1ccc2ccccc2c1. The fourth-order valence-electron chi connectivity index (χ4n) is 7.11. The fraction of sp³-hybridized carbons (Fsp3) is 0.149. The molecular weight excluding hydrogens is 887 g/mol. The van der Waals surface area contributed by atoms with Crippen molar-refractivity contribution in [2.75, 3.05) is 0 Å². The first-order valence-corrected chi connectivity index (χ1v) is 25.3. The number of furan rings is 1. The zero-order valence-electron chi connectivity index (χ0n) is 30.6. The zero-order chi connectivity index (χ0) is 35.8. The molecule has 0 aliphatic carbocycles. The van der Waals surface area contributed by atoms with E-state index in [0.717, 1.165) is 67.7 Å². The molecule has 9 rings (SSSR count). The Morgan fingerprint density at radius 2 is 1.49 bits per heavy atom. The molecular formula is C47H41GeIrN3O-2. The maximum Gasteiger partial charge on any atom is 0.120 e. The Kier molecular flexibility index (Phi) is 10.5. The number of rotatable bonds is 6. The van der Waals surface area contributed by atoms with Crippen LogP contribution in [0, 0.1) is 18.1 Å². The van der Waals surface area contributed by atoms with Crippen LogP contribution < -0.4 is 4.40 Å². The van der Waals surface area contributed by atoms with E-state index in [0.29, 0.717) is 5.92 Å². The van der Waals surface area contributed by atoms with Crippen LogP contribution in [0.3, 0.4) is 0 Å². The van der Waals surface area contributed by atoms with Gasteiger partial charge < -0.3 is 8.98 Å². The van der Waals surface area contributed by atoms with Gasteiger partial charge in [0.1, 0.15) is 5.58 Å². The molecule has 6 aromatic carbocycles. The number of imidazole rings is 1. The van der Waals surface area contributed by atoms with Crippen molar-refractivity contribution >= 4 is 61.4 Å². The standard InChI is InChI=1S/C29H17N2O.C18H24GeN.Ir/c1-2-9-20-18-21(17-16-19(20)8-1)31-26-14-5-4-13-25(26)30-29(31)24-12-7-11-23-22-10-3-6-15-27(22)32-28(23)24;1-14(2)11-16-12-18(15-9-7-6-8-10-15)20-13-17(16)19(3,4)5;/h1-11,13-18H;6-9,12-14H,11H2,1-5H3;/q2*-1;. The normalized spacial score (nSPS) is 11.6. The monoisotopic (exact) mass is 930 g/mol. The second-order valence-corrected chi connectivity index (χ2v) is 25.4. The van der Waals surface area contributed by atoms with Gasteiger partial charge >= 0.3 is 126 Å². The Hall–Kier alpha value is -4.81. The molecule has 53 heavy (non-hydrogen) atoms. The predicted octanol–water partition coefficient (Wildman–Crippen LogP) is 11.8. The topological polar surface area (TPSA) is 43.9 Å². The molecule has 0 aliphatic heterocycles. The molecule has 0 fully saturated rings. The van der Waals surface area contributed by atoms with E-state index in [2.05, 4.69) is 139 Å². The summed E-state index contributed by atoms with van der Waals surface area (Å²) in [4.78, 5) is 9.73. The second-order valence-electron chi connectivity index (χ2n) is 14.8. The molecule has 3 aromatic heterocycles. The molecule has 4 nitrogen and oxygen atoms in total. The van der Waals surface area contributed by atoms with Crippen LogP contribution in [-0.4, -0.2) is 27.8 Å². The third-order valence-electron chi connectivity index (χ3n) is 9.53. The van der Waals surface area contributed by atoms with Crippen molar-refractivity contribution in [2.24, 2.45) is 5.92 Å². The number of para-hydroxylation sites is 3. The summed E-state index contributed by atoms with van der Waals surface area (Å²) in [6, 6.07) is 52.4. The third-order valence-corrected chi connectivity index (χ3v) is 13.9. The van der Waals surface area contributed by atoms with Crippen molar-refractivity contribution < 1.29 is 24.5 Å². The molecule has 0 amide bonds. The minimum Gasteiger partial charge on any atom is -0.501 e. The van der Waals surface area contributed by atoms with Crippen molar-refractivity contribution in [3.63, 3.8) is 0 Å². The molecule has 6 heteroatoms. The summed E-state index contributed by atoms with van der Waals surface area (Å²) < 4.78 is 10.1. The number of benzene rings is 6. The number of hydrogen-bond acceptors (Lipinski definition) is 3. The molecule has 0 bridgehead atoms. The predicted molar refractivity (Wildman–Crippen MR) is 220 cm³/mol. The van der Waals surface area contributed by atoms with Gasteiger partial charge in [-0.05, 0) is 41.1 Å². The molecule has 0 saturated carbocycles. The quantitative estimate of drug-likeness (QED) is 0.123. The van der Waals surface area contributed by atoms with Gasteiger partial charge in [-0.15, -0.1) is 18.2 Å². The van der Waals surface area contributed by atoms with Gasteiger partial charge in [0.15, 0.2) is 0 Å². The number of aromatic nitrogens is 3.